The van der Waals surface area contributed by atoms with Crippen molar-refractivity contribution in [2.75, 3.05) is 11.9 Å². The van der Waals surface area contributed by atoms with Crippen molar-refractivity contribution in [1.29, 1.82) is 0 Å². The lowest BCUT2D eigenvalue weighted by Gasteiger charge is -2.12. The van der Waals surface area contributed by atoms with Crippen LogP contribution in [-0.4, -0.2) is 33.2 Å². The molecule has 0 saturated carbocycles. The van der Waals surface area contributed by atoms with E-state index in [1.807, 2.05) is 57.2 Å². The molecule has 0 spiro atoms. The summed E-state index contributed by atoms with van der Waals surface area (Å²) in [7, 11) is 0. The van der Waals surface area contributed by atoms with E-state index in [4.69, 9.17) is 4.74 Å². The van der Waals surface area contributed by atoms with Crippen molar-refractivity contribution in [2.24, 2.45) is 0 Å². The minimum Gasteiger partial charge on any atom is -0.452 e. The highest BCUT2D eigenvalue weighted by molar-refractivity contribution is 5.96. The number of hydrogen-bond acceptors (Lipinski definition) is 5. The predicted octanol–water partition coefficient (Wildman–Crippen LogP) is 3.75. The van der Waals surface area contributed by atoms with E-state index in [0.29, 0.717) is 22.8 Å². The number of esters is 1. The van der Waals surface area contributed by atoms with Crippen LogP contribution in [-0.2, 0) is 16.0 Å². The van der Waals surface area contributed by atoms with Crippen molar-refractivity contribution in [2.45, 2.75) is 33.1 Å². The highest BCUT2D eigenvalue weighted by Gasteiger charge is 2.23. The van der Waals surface area contributed by atoms with Gasteiger partial charge in [0.05, 0.1) is 11.9 Å². The smallest absolute Gasteiger partial charge is 0.342 e. The Hall–Kier alpha value is -3.48. The Balaban J connectivity index is 1.69. The minimum atomic E-state index is -0.589. The molecule has 3 rings (SSSR count). The topological polar surface area (TPSA) is 86.1 Å². The second-order valence-electron chi connectivity index (χ2n) is 6.88. The highest BCUT2D eigenvalue weighted by Crippen LogP contribution is 2.23. The maximum absolute atomic E-state index is 12.6. The number of hydrogen-bond donors (Lipinski definition) is 1. The van der Waals surface area contributed by atoms with Crippen molar-refractivity contribution in [3.05, 3.63) is 71.7 Å². The van der Waals surface area contributed by atoms with Crippen molar-refractivity contribution in [1.82, 2.24) is 14.8 Å². The van der Waals surface area contributed by atoms with E-state index in [-0.39, 0.29) is 12.5 Å². The van der Waals surface area contributed by atoms with Crippen LogP contribution in [0, 0.1) is 0 Å². The number of pyridine rings is 1. The van der Waals surface area contributed by atoms with E-state index in [2.05, 4.69) is 15.4 Å². The first-order valence-corrected chi connectivity index (χ1v) is 9.54. The van der Waals surface area contributed by atoms with Crippen LogP contribution in [0.25, 0.3) is 5.82 Å². The zero-order chi connectivity index (χ0) is 20.8. The van der Waals surface area contributed by atoms with Gasteiger partial charge < -0.3 is 10.1 Å². The summed E-state index contributed by atoms with van der Waals surface area (Å²) in [4.78, 5) is 29.1. The lowest BCUT2D eigenvalue weighted by Crippen LogP contribution is -2.21. The Morgan fingerprint density at radius 1 is 1.17 bits per heavy atom. The molecule has 2 aromatic heterocycles. The summed E-state index contributed by atoms with van der Waals surface area (Å²) in [5.41, 5.74) is 2.80. The minimum absolute atomic E-state index is 0.00710. The van der Waals surface area contributed by atoms with Gasteiger partial charge in [-0.3, -0.25) is 4.79 Å². The summed E-state index contributed by atoms with van der Waals surface area (Å²) in [6, 6.07) is 13.0. The third kappa shape index (κ3) is 4.87. The molecular weight excluding hydrogens is 368 g/mol. The molecule has 3 aromatic rings. The van der Waals surface area contributed by atoms with Crippen LogP contribution < -0.4 is 5.32 Å². The number of anilines is 1. The number of carbonyl (C=O) groups excluding carboxylic acids is 2. The van der Waals surface area contributed by atoms with Crippen molar-refractivity contribution in [3.63, 3.8) is 0 Å². The molecule has 0 radical (unpaired) electrons. The van der Waals surface area contributed by atoms with E-state index in [9.17, 15) is 9.59 Å². The van der Waals surface area contributed by atoms with Gasteiger partial charge in [0.1, 0.15) is 5.56 Å². The fourth-order valence-corrected chi connectivity index (χ4v) is 3.01. The molecule has 0 bridgehead atoms. The van der Waals surface area contributed by atoms with Gasteiger partial charge in [0.2, 0.25) is 0 Å². The third-order valence-electron chi connectivity index (χ3n) is 4.39. The summed E-state index contributed by atoms with van der Waals surface area (Å²) >= 11 is 0. The van der Waals surface area contributed by atoms with Gasteiger partial charge >= 0.3 is 5.97 Å². The number of carbonyl (C=O) groups is 2. The number of aryl methyl sites for hydroxylation is 1. The lowest BCUT2D eigenvalue weighted by molar-refractivity contribution is -0.119. The maximum Gasteiger partial charge on any atom is 0.342 e. The van der Waals surface area contributed by atoms with Crippen molar-refractivity contribution < 1.29 is 14.3 Å². The van der Waals surface area contributed by atoms with Crippen LogP contribution in [0.3, 0.4) is 0 Å². The van der Waals surface area contributed by atoms with Gasteiger partial charge in [0.15, 0.2) is 12.4 Å². The normalized spacial score (nSPS) is 10.8. The van der Waals surface area contributed by atoms with E-state index < -0.39 is 11.9 Å². The molecule has 0 aliphatic carbocycles. The Kier molecular flexibility index (Phi) is 6.39. The fourth-order valence-electron chi connectivity index (χ4n) is 3.01. The Morgan fingerprint density at radius 3 is 2.69 bits per heavy atom. The van der Waals surface area contributed by atoms with E-state index in [0.717, 1.165) is 12.0 Å². The average molecular weight is 392 g/mol. The first kappa shape index (κ1) is 20.3. The van der Waals surface area contributed by atoms with Crippen LogP contribution in [0.4, 0.5) is 5.69 Å². The van der Waals surface area contributed by atoms with Gasteiger partial charge in [0, 0.05) is 11.9 Å². The molecule has 0 atom stereocenters. The molecule has 2 heterocycles. The Bertz CT molecular complexity index is 996. The molecule has 1 amide bonds. The molecule has 150 valence electrons. The second-order valence-corrected chi connectivity index (χ2v) is 6.88. The number of amides is 1. The molecule has 0 saturated heterocycles. The van der Waals surface area contributed by atoms with Crippen molar-refractivity contribution >= 4 is 17.6 Å². The quantitative estimate of drug-likeness (QED) is 0.619. The first-order valence-electron chi connectivity index (χ1n) is 9.54. The summed E-state index contributed by atoms with van der Waals surface area (Å²) in [6.45, 7) is 5.59. The fraction of sp³-hybridized carbons (Fsp3) is 0.273. The van der Waals surface area contributed by atoms with Gasteiger partial charge in [-0.1, -0.05) is 39.0 Å². The number of nitrogens with one attached hydrogen (secondary N) is 1. The lowest BCUT2D eigenvalue weighted by atomic mass is 10.1. The van der Waals surface area contributed by atoms with Gasteiger partial charge in [0.25, 0.3) is 5.91 Å². The number of ether oxygens (including phenoxy) is 1. The van der Waals surface area contributed by atoms with Gasteiger partial charge in [-0.05, 0) is 42.2 Å². The number of benzene rings is 1. The number of aromatic nitrogens is 3. The van der Waals surface area contributed by atoms with Gasteiger partial charge in [-0.2, -0.15) is 5.10 Å². The molecule has 1 N–H and O–H groups in total. The van der Waals surface area contributed by atoms with Crippen LogP contribution in [0.5, 0.6) is 0 Å². The molecule has 0 aliphatic rings. The van der Waals surface area contributed by atoms with Crippen LogP contribution >= 0.6 is 0 Å². The van der Waals surface area contributed by atoms with Crippen LogP contribution in [0.1, 0.15) is 48.3 Å². The molecule has 7 heteroatoms. The van der Waals surface area contributed by atoms with Gasteiger partial charge in [-0.25, -0.2) is 14.5 Å². The van der Waals surface area contributed by atoms with Crippen LogP contribution in [0.15, 0.2) is 54.9 Å². The molecule has 0 unspecified atom stereocenters. The predicted molar refractivity (Wildman–Crippen MR) is 110 cm³/mol. The Morgan fingerprint density at radius 2 is 2.00 bits per heavy atom. The standard InChI is InChI=1S/C22H24N4O3/c1-4-16-8-7-9-17(12-16)25-20(27)14-29-22(28)18-13-24-26(21(18)15(2)3)19-10-5-6-11-23-19/h5-13,15H,4,14H2,1-3H3,(H,25,27). The van der Waals surface area contributed by atoms with E-state index in [1.165, 1.54) is 6.20 Å². The monoisotopic (exact) mass is 392 g/mol. The molecular formula is C22H24N4O3. The van der Waals surface area contributed by atoms with Gasteiger partial charge in [-0.15, -0.1) is 0 Å². The SMILES string of the molecule is CCc1cccc(NC(=O)COC(=O)c2cnn(-c3ccccn3)c2C(C)C)c1. The molecule has 0 fully saturated rings. The third-order valence-corrected chi connectivity index (χ3v) is 4.39. The maximum atomic E-state index is 12.6. The average Bonchev–Trinajstić information content (AvgIpc) is 3.18. The van der Waals surface area contributed by atoms with E-state index in [1.54, 1.807) is 16.9 Å². The second kappa shape index (κ2) is 9.14. The summed E-state index contributed by atoms with van der Waals surface area (Å²) in [5, 5.41) is 7.04. The number of nitrogens with zero attached hydrogens (tertiary/aromatic N) is 3. The zero-order valence-corrected chi connectivity index (χ0v) is 16.8. The highest BCUT2D eigenvalue weighted by atomic mass is 16.5. The summed E-state index contributed by atoms with van der Waals surface area (Å²) in [5.74, 6) is -0.361. The molecule has 29 heavy (non-hydrogen) atoms. The summed E-state index contributed by atoms with van der Waals surface area (Å²) < 4.78 is 6.86. The molecule has 7 nitrogen and oxygen atoms in total. The molecule has 1 aromatic carbocycles. The number of rotatable bonds is 7. The summed E-state index contributed by atoms with van der Waals surface area (Å²) in [6.07, 6.45) is 3.99. The van der Waals surface area contributed by atoms with Crippen molar-refractivity contribution in [3.8, 4) is 5.82 Å². The Labute approximate surface area is 169 Å². The molecule has 0 aliphatic heterocycles. The van der Waals surface area contributed by atoms with E-state index >= 15 is 0 Å². The largest absolute Gasteiger partial charge is 0.452 e. The van der Waals surface area contributed by atoms with Crippen LogP contribution in [0.2, 0.25) is 0 Å². The first-order chi connectivity index (χ1) is 14.0. The zero-order valence-electron chi connectivity index (χ0n) is 16.8.